The number of sulfone groups is 3. The molecule has 1 amide bonds. The van der Waals surface area contributed by atoms with Crippen LogP contribution in [0.25, 0.3) is 112 Å². The number of fused-ring (bicyclic) bond motifs is 8. The second-order valence-corrected chi connectivity index (χ2v) is 34.8. The second-order valence-electron chi connectivity index (χ2n) is 26.6. The van der Waals surface area contributed by atoms with Crippen LogP contribution in [-0.2, 0) is 110 Å². The number of halogens is 18. The van der Waals surface area contributed by atoms with Crippen molar-refractivity contribution in [3.63, 3.8) is 0 Å². The predicted octanol–water partition coefficient (Wildman–Crippen LogP) is 13.4. The van der Waals surface area contributed by atoms with Gasteiger partial charge in [0.25, 0.3) is 0 Å². The lowest BCUT2D eigenvalue weighted by Crippen LogP contribution is -2.14. The molecule has 0 saturated heterocycles. The summed E-state index contributed by atoms with van der Waals surface area (Å²) >= 11 is 0. The number of alkyl halides is 18. The number of nitrogens with one attached hydrogen (secondary N) is 1. The van der Waals surface area contributed by atoms with Gasteiger partial charge in [-0.2, -0.15) is 118 Å². The van der Waals surface area contributed by atoms with Gasteiger partial charge in [-0.3, -0.25) is 32.3 Å². The van der Waals surface area contributed by atoms with Crippen molar-refractivity contribution in [2.24, 2.45) is 28.2 Å². The number of pyridine rings is 5. The van der Waals surface area contributed by atoms with Crippen LogP contribution in [0.3, 0.4) is 0 Å². The normalized spacial score (nSPS) is 13.1. The van der Waals surface area contributed by atoms with Gasteiger partial charge in [-0.05, 0) is 72.8 Å². The first-order valence-electron chi connectivity index (χ1n) is 35.2. The van der Waals surface area contributed by atoms with E-state index >= 15 is 0 Å². The van der Waals surface area contributed by atoms with E-state index in [0.717, 1.165) is 61.2 Å². The van der Waals surface area contributed by atoms with Crippen LogP contribution < -0.4 is 5.32 Å². The SMILES string of the molecule is CCS(=O)(=O)c1c2ccc(NC(C)=O)cc2nn1-c1nc2cc(C(F)(F)F)cnc2n1C.CCS(=O)(=O)c1c2ccncc2nn1-c1nc2cc(C(F)(F)F)cnc2n1C.CCS(=O)(=O)c1nn(-c2nc3cc(C(F)(F)F)cnc3n2C)c2cccc(C(F)(F)F)c12.CCS(=O)c1c2c(C(F)(F)F)cccc2nn1-c1nc2cc(C(F)(F)F)cnc2n1C.O. The molecule has 3 aromatic carbocycles. The largest absolute Gasteiger partial charge is 0.417 e. The maximum Gasteiger partial charge on any atom is 0.417 e. The number of carbonyl (C=O) groups is 1. The van der Waals surface area contributed by atoms with E-state index in [1.165, 1.54) is 136 Å². The molecule has 53 heteroatoms. The molecule has 0 spiro atoms. The number of hydrogen-bond donors (Lipinski definition) is 1. The lowest BCUT2D eigenvalue weighted by Gasteiger charge is -2.10. The van der Waals surface area contributed by atoms with Gasteiger partial charge in [0.05, 0.1) is 89.6 Å². The molecule has 0 radical (unpaired) electrons. The average Bonchev–Trinajstić information content (AvgIpc) is 1.48. The average molecular weight is 1830 g/mol. The Labute approximate surface area is 685 Å². The number of benzene rings is 3. The minimum absolute atomic E-state index is 0. The summed E-state index contributed by atoms with van der Waals surface area (Å²) in [4.78, 5) is 47.0. The molecule has 1 unspecified atom stereocenters. The maximum atomic E-state index is 13.6. The molecule has 0 aliphatic heterocycles. The summed E-state index contributed by atoms with van der Waals surface area (Å²) in [6.45, 7) is 7.08. The number of hydrogen-bond acceptors (Lipinski definition) is 21. The monoisotopic (exact) mass is 1830 g/mol. The maximum absolute atomic E-state index is 13.6. The molecular formula is C71H58F18N22O9S4. The topological polar surface area (TPSA) is 387 Å². The van der Waals surface area contributed by atoms with Gasteiger partial charge in [-0.15, -0.1) is 0 Å². The van der Waals surface area contributed by atoms with E-state index < -0.39 is 127 Å². The summed E-state index contributed by atoms with van der Waals surface area (Å²) < 4.78 is 336. The number of aryl methyl sites for hydroxylation is 4. The van der Waals surface area contributed by atoms with Crippen LogP contribution in [0.4, 0.5) is 84.7 Å². The van der Waals surface area contributed by atoms with E-state index in [4.69, 9.17) is 0 Å². The highest BCUT2D eigenvalue weighted by Gasteiger charge is 2.42. The molecule has 124 heavy (non-hydrogen) atoms. The first-order chi connectivity index (χ1) is 57.2. The summed E-state index contributed by atoms with van der Waals surface area (Å²) in [5.41, 5.74) is -5.53. The fourth-order valence-corrected chi connectivity index (χ4v) is 17.1. The Kier molecular flexibility index (Phi) is 23.5. The number of aromatic nitrogens is 21. The summed E-state index contributed by atoms with van der Waals surface area (Å²) in [7, 11) is -7.80. The van der Waals surface area contributed by atoms with Crippen molar-refractivity contribution in [3.8, 4) is 23.8 Å². The third kappa shape index (κ3) is 16.8. The van der Waals surface area contributed by atoms with Gasteiger partial charge in [-0.1, -0.05) is 39.8 Å². The van der Waals surface area contributed by atoms with E-state index in [2.05, 4.69) is 70.6 Å². The number of amides is 1. The molecular weight excluding hydrogens is 1780 g/mol. The van der Waals surface area contributed by atoms with Gasteiger partial charge in [0.1, 0.15) is 32.6 Å². The van der Waals surface area contributed by atoms with Crippen molar-refractivity contribution in [1.82, 2.24) is 102 Å². The van der Waals surface area contributed by atoms with Crippen molar-refractivity contribution in [1.29, 1.82) is 0 Å². The Morgan fingerprint density at radius 3 is 1.17 bits per heavy atom. The zero-order valence-electron chi connectivity index (χ0n) is 64.5. The van der Waals surface area contributed by atoms with E-state index in [9.17, 15) is 113 Å². The van der Waals surface area contributed by atoms with Crippen LogP contribution in [-0.4, -0.2) is 166 Å². The predicted molar refractivity (Wildman–Crippen MR) is 408 cm³/mol. The zero-order chi connectivity index (χ0) is 90.0. The van der Waals surface area contributed by atoms with E-state index in [1.807, 2.05) is 0 Å². The van der Waals surface area contributed by atoms with Gasteiger partial charge in [-0.25, -0.2) is 65.1 Å². The van der Waals surface area contributed by atoms with Gasteiger partial charge < -0.3 is 10.8 Å². The van der Waals surface area contributed by atoms with Crippen LogP contribution in [0, 0.1) is 0 Å². The molecule has 3 N–H and O–H groups in total. The number of anilines is 1. The molecule has 16 rings (SSSR count). The Hall–Kier alpha value is -12.7. The van der Waals surface area contributed by atoms with Crippen molar-refractivity contribution in [2.45, 2.75) is 91.8 Å². The zero-order valence-corrected chi connectivity index (χ0v) is 67.7. The van der Waals surface area contributed by atoms with Crippen LogP contribution in [0.2, 0.25) is 0 Å². The van der Waals surface area contributed by atoms with Crippen LogP contribution >= 0.6 is 0 Å². The fraction of sp³-hybridized carbons (Fsp3) is 0.268. The van der Waals surface area contributed by atoms with Crippen molar-refractivity contribution >= 4 is 140 Å². The molecule has 0 aliphatic rings. The lowest BCUT2D eigenvalue weighted by molar-refractivity contribution is -0.138. The van der Waals surface area contributed by atoms with E-state index in [0.29, 0.717) is 41.4 Å². The molecule has 0 aliphatic carbocycles. The Morgan fingerprint density at radius 2 is 0.782 bits per heavy atom. The molecule has 656 valence electrons. The number of rotatable bonds is 13. The smallest absolute Gasteiger partial charge is 0.412 e. The lowest BCUT2D eigenvalue weighted by atomic mass is 10.1. The number of imidazole rings is 4. The minimum atomic E-state index is -4.87. The van der Waals surface area contributed by atoms with E-state index in [-0.39, 0.29) is 139 Å². The third-order valence-corrected chi connectivity index (χ3v) is 25.1. The molecule has 13 heterocycles. The highest BCUT2D eigenvalue weighted by molar-refractivity contribution is 7.92. The molecule has 13 aromatic heterocycles. The first-order valence-corrected chi connectivity index (χ1v) is 41.5. The first kappa shape index (κ1) is 90.6. The standard InChI is InChI=1S/C19H17F3N6O3S.C18H13F6N5O2S.C18H13F6N5OS.C16H13F3N6O2S.H2O/c1-4-32(30,31)17-13-6-5-12(24-10(2)29)8-14(13)26-28(17)18-25-15-7-11(19(20,21)22)9-23-16(15)27(18)3;1-3-32(30,31)15-13-10(18(22,23)24)5-4-6-12(13)29(27-15)16-26-11-7-9(17(19,20)21)8-25-14(11)28(16)2;1-3-31(30)15-13-10(18(22,23)24)5-4-6-11(13)27-29(15)16-26-12-7-9(17(19,20)21)8-25-14(12)28(16)2;1-3-28(26,27)14-10-4-5-20-8-12(10)23-25(14)15-22-11-6-9(16(17,18)19)7-21-13(11)24(15)2;/h5-9H,4H2,1-3H3,(H,24,29);4-8H,3H2,1-2H3;4-8H,3H2,1-2H3;4-8H,3H2,1-2H3;1H2. The van der Waals surface area contributed by atoms with Crippen LogP contribution in [0.1, 0.15) is 68.0 Å². The highest BCUT2D eigenvalue weighted by atomic mass is 32.2. The number of nitrogens with zero attached hydrogens (tertiary/aromatic N) is 21. The Balaban J connectivity index is 0.000000151. The van der Waals surface area contributed by atoms with Crippen molar-refractivity contribution < 1.29 is 119 Å². The van der Waals surface area contributed by atoms with Gasteiger partial charge in [0.2, 0.25) is 29.7 Å². The summed E-state index contributed by atoms with van der Waals surface area (Å²) in [6, 6.07) is 15.7. The molecule has 0 fully saturated rings. The quantitative estimate of drug-likeness (QED) is 0.105. The molecule has 16 aromatic rings. The Bertz CT molecular complexity index is 7350. The van der Waals surface area contributed by atoms with E-state index in [1.54, 1.807) is 0 Å². The highest BCUT2D eigenvalue weighted by Crippen LogP contribution is 2.43. The molecule has 1 atom stereocenters. The van der Waals surface area contributed by atoms with Gasteiger partial charge in [0, 0.05) is 93.7 Å². The van der Waals surface area contributed by atoms with Crippen molar-refractivity contribution in [3.05, 3.63) is 155 Å². The van der Waals surface area contributed by atoms with Gasteiger partial charge in [0.15, 0.2) is 67.2 Å². The van der Waals surface area contributed by atoms with Crippen LogP contribution in [0.5, 0.6) is 0 Å². The Morgan fingerprint density at radius 1 is 0.411 bits per heavy atom. The summed E-state index contributed by atoms with van der Waals surface area (Å²) in [6.07, 6.45) is -22.6. The molecule has 0 saturated carbocycles. The van der Waals surface area contributed by atoms with Crippen LogP contribution in [0.15, 0.2) is 142 Å². The summed E-state index contributed by atoms with van der Waals surface area (Å²) in [5, 5.41) is 17.6. The minimum Gasteiger partial charge on any atom is -0.412 e. The number of carbonyl (C=O) groups excluding carboxylic acids is 1. The third-order valence-electron chi connectivity index (χ3n) is 18.6. The molecule has 0 bridgehead atoms. The van der Waals surface area contributed by atoms with Gasteiger partial charge >= 0.3 is 37.1 Å². The second kappa shape index (κ2) is 32.2. The fourth-order valence-electron chi connectivity index (χ4n) is 12.7. The van der Waals surface area contributed by atoms with Crippen molar-refractivity contribution in [2.75, 3.05) is 28.3 Å². The molecule has 31 nitrogen and oxygen atoms in total. The summed E-state index contributed by atoms with van der Waals surface area (Å²) in [5.74, 6) is -1.54.